The normalized spacial score (nSPS) is 11.1. The van der Waals surface area contributed by atoms with Crippen molar-refractivity contribution < 1.29 is 9.90 Å². The smallest absolute Gasteiger partial charge is 0.319 e. The molecule has 0 saturated heterocycles. The van der Waals surface area contributed by atoms with E-state index in [2.05, 4.69) is 58.2 Å². The summed E-state index contributed by atoms with van der Waals surface area (Å²) in [6.45, 7) is 6.61. The van der Waals surface area contributed by atoms with Gasteiger partial charge in [-0.3, -0.25) is 4.79 Å². The van der Waals surface area contributed by atoms with Gasteiger partial charge in [-0.15, -0.1) is 23.7 Å². The predicted octanol–water partition coefficient (Wildman–Crippen LogP) is 6.75. The molecular weight excluding hydrogens is 512 g/mol. The fraction of sp³-hybridized carbons (Fsp3) is 0.259. The maximum atomic E-state index is 11.5. The highest BCUT2D eigenvalue weighted by atomic mass is 35.5. The number of hydrogen-bond acceptors (Lipinski definition) is 7. The van der Waals surface area contributed by atoms with Gasteiger partial charge < -0.3 is 10.0 Å². The molecule has 2 aromatic carbocycles. The van der Waals surface area contributed by atoms with E-state index in [1.807, 2.05) is 36.0 Å². The Balaban J connectivity index is 0.00000361. The number of hydrogen-bond donors (Lipinski definition) is 1. The summed E-state index contributed by atoms with van der Waals surface area (Å²) in [5.41, 5.74) is 5.45. The number of nitrogens with zero attached hydrogens (tertiary/aromatic N) is 4. The molecule has 0 aliphatic heterocycles. The van der Waals surface area contributed by atoms with Crippen LogP contribution in [0.3, 0.4) is 0 Å². The Hall–Kier alpha value is -2.94. The second-order valence-electron chi connectivity index (χ2n) is 8.69. The molecule has 0 unspecified atom stereocenters. The van der Waals surface area contributed by atoms with Gasteiger partial charge in [0, 0.05) is 24.3 Å². The Bertz CT molecular complexity index is 1260. The number of carboxylic acid groups (broad SMARTS) is 1. The van der Waals surface area contributed by atoms with Gasteiger partial charge in [-0.25, -0.2) is 15.0 Å². The van der Waals surface area contributed by atoms with Crippen molar-refractivity contribution >= 4 is 47.4 Å². The number of aromatic nitrogens is 3. The Morgan fingerprint density at radius 1 is 0.972 bits per heavy atom. The zero-order chi connectivity index (χ0) is 24.8. The van der Waals surface area contributed by atoms with Crippen molar-refractivity contribution in [3.05, 3.63) is 89.2 Å². The van der Waals surface area contributed by atoms with E-state index < -0.39 is 10.7 Å². The highest BCUT2D eigenvalue weighted by molar-refractivity contribution is 8.03. The summed E-state index contributed by atoms with van der Waals surface area (Å²) in [4.78, 5) is 27.5. The monoisotopic (exact) mass is 540 g/mol. The molecule has 36 heavy (non-hydrogen) atoms. The number of anilines is 1. The molecule has 2 aromatic heterocycles. The van der Waals surface area contributed by atoms with Crippen molar-refractivity contribution in [3.8, 4) is 11.1 Å². The molecule has 4 aromatic rings. The summed E-state index contributed by atoms with van der Waals surface area (Å²) in [6, 6.07) is 18.8. The Morgan fingerprint density at radius 3 is 2.22 bits per heavy atom. The average molecular weight is 541 g/mol. The summed E-state index contributed by atoms with van der Waals surface area (Å²) in [7, 11) is 0. The van der Waals surface area contributed by atoms with Crippen LogP contribution in [-0.2, 0) is 24.3 Å². The first kappa shape index (κ1) is 27.6. The van der Waals surface area contributed by atoms with Crippen molar-refractivity contribution in [1.82, 2.24) is 15.0 Å². The zero-order valence-electron chi connectivity index (χ0n) is 20.4. The number of thioether (sulfide) groups is 1. The van der Waals surface area contributed by atoms with Crippen molar-refractivity contribution in [1.29, 1.82) is 0 Å². The first-order chi connectivity index (χ1) is 16.8. The van der Waals surface area contributed by atoms with Crippen LogP contribution < -0.4 is 4.90 Å². The van der Waals surface area contributed by atoms with Gasteiger partial charge in [0.15, 0.2) is 4.34 Å². The maximum Gasteiger partial charge on any atom is 0.319 e. The average Bonchev–Trinajstić information content (AvgIpc) is 3.30. The molecule has 0 aliphatic rings. The van der Waals surface area contributed by atoms with Gasteiger partial charge in [0.2, 0.25) is 5.95 Å². The molecule has 4 rings (SSSR count). The number of carbonyl (C=O) groups is 1. The third-order valence-electron chi connectivity index (χ3n) is 5.56. The van der Waals surface area contributed by atoms with Crippen LogP contribution in [0.4, 0.5) is 5.95 Å². The van der Waals surface area contributed by atoms with Crippen molar-refractivity contribution in [3.63, 3.8) is 0 Å². The van der Waals surface area contributed by atoms with Crippen LogP contribution in [0.5, 0.6) is 0 Å². The van der Waals surface area contributed by atoms with Crippen LogP contribution in [0.1, 0.15) is 37.6 Å². The minimum atomic E-state index is -0.936. The van der Waals surface area contributed by atoms with Gasteiger partial charge >= 0.3 is 5.97 Å². The van der Waals surface area contributed by atoms with Gasteiger partial charge in [-0.05, 0) is 42.5 Å². The maximum absolute atomic E-state index is 11.5. The Morgan fingerprint density at radius 2 is 1.61 bits per heavy atom. The van der Waals surface area contributed by atoms with Crippen molar-refractivity contribution in [2.45, 2.75) is 49.4 Å². The second kappa shape index (κ2) is 12.3. The number of thiazole rings is 1. The van der Waals surface area contributed by atoms with Crippen LogP contribution in [0.15, 0.2) is 76.7 Å². The summed E-state index contributed by atoms with van der Waals surface area (Å²) in [5.74, 6) is -0.216. The molecule has 0 atom stereocenters. The van der Waals surface area contributed by atoms with E-state index in [1.165, 1.54) is 34.2 Å². The van der Waals surface area contributed by atoms with Crippen molar-refractivity contribution in [2.75, 3.05) is 4.90 Å². The quantitative estimate of drug-likeness (QED) is 0.223. The van der Waals surface area contributed by atoms with E-state index >= 15 is 0 Å². The van der Waals surface area contributed by atoms with Crippen LogP contribution in [0.2, 0.25) is 0 Å². The number of aliphatic carboxylic acids is 1. The molecular formula is C27H29ClN4O2S2. The lowest BCUT2D eigenvalue weighted by Gasteiger charge is -2.22. The molecule has 6 nitrogen and oxygen atoms in total. The van der Waals surface area contributed by atoms with Crippen LogP contribution in [0, 0.1) is 0 Å². The number of halogens is 1. The number of benzene rings is 2. The summed E-state index contributed by atoms with van der Waals surface area (Å²) < 4.78 is -0.198. The van der Waals surface area contributed by atoms with E-state index in [0.29, 0.717) is 19.0 Å². The molecule has 0 amide bonds. The van der Waals surface area contributed by atoms with Gasteiger partial charge in [0.25, 0.3) is 0 Å². The highest BCUT2D eigenvalue weighted by Gasteiger charge is 2.30. The van der Waals surface area contributed by atoms with Crippen LogP contribution in [-0.4, -0.2) is 30.8 Å². The topological polar surface area (TPSA) is 79.2 Å². The Kier molecular flexibility index (Phi) is 9.48. The molecule has 2 heterocycles. The van der Waals surface area contributed by atoms with Gasteiger partial charge in [-0.1, -0.05) is 73.3 Å². The van der Waals surface area contributed by atoms with Gasteiger partial charge in [-0.2, -0.15) is 0 Å². The van der Waals surface area contributed by atoms with Crippen molar-refractivity contribution in [2.24, 2.45) is 0 Å². The molecule has 1 N–H and O–H groups in total. The molecule has 188 valence electrons. The van der Waals surface area contributed by atoms with E-state index in [4.69, 9.17) is 4.98 Å². The second-order valence-corrected chi connectivity index (χ2v) is 11.4. The predicted molar refractivity (Wildman–Crippen MR) is 150 cm³/mol. The summed E-state index contributed by atoms with van der Waals surface area (Å²) >= 11 is 2.73. The number of aryl methyl sites for hydroxylation is 1. The van der Waals surface area contributed by atoms with Gasteiger partial charge in [0.1, 0.15) is 4.75 Å². The fourth-order valence-corrected chi connectivity index (χ4v) is 5.59. The Labute approximate surface area is 226 Å². The minimum Gasteiger partial charge on any atom is -0.480 e. The summed E-state index contributed by atoms with van der Waals surface area (Å²) in [5, 5.41) is 11.4. The minimum absolute atomic E-state index is 0. The SMILES string of the molecule is CCc1cnc(N(Cc2ccc(-c3ccccc3)cc2)Cc2csc(SC(C)(C)C(=O)O)n2)nc1.Cl. The lowest BCUT2D eigenvalue weighted by molar-refractivity contribution is -0.138. The van der Waals surface area contributed by atoms with Crippen LogP contribution >= 0.6 is 35.5 Å². The fourth-order valence-electron chi connectivity index (χ4n) is 3.41. The lowest BCUT2D eigenvalue weighted by atomic mass is 10.0. The highest BCUT2D eigenvalue weighted by Crippen LogP contribution is 2.35. The third-order valence-corrected chi connectivity index (χ3v) is 7.73. The molecule has 9 heteroatoms. The molecule has 0 aliphatic carbocycles. The first-order valence-electron chi connectivity index (χ1n) is 11.4. The molecule has 0 fully saturated rings. The zero-order valence-corrected chi connectivity index (χ0v) is 22.9. The van der Waals surface area contributed by atoms with E-state index in [9.17, 15) is 9.90 Å². The molecule has 0 bridgehead atoms. The number of carboxylic acids is 1. The standard InChI is InChI=1S/C27H28N4O2S2.ClH/c1-4-19-14-28-25(29-15-19)31(17-23-18-34-26(30-23)35-27(2,3)24(32)33)16-20-10-12-22(13-11-20)21-8-6-5-7-9-21;/h5-15,18H,4,16-17H2,1-3H3,(H,32,33);1H. The molecule has 0 saturated carbocycles. The van der Waals surface area contributed by atoms with Gasteiger partial charge in [0.05, 0.1) is 12.2 Å². The van der Waals surface area contributed by atoms with E-state index in [1.54, 1.807) is 13.8 Å². The number of rotatable bonds is 10. The largest absolute Gasteiger partial charge is 0.480 e. The first-order valence-corrected chi connectivity index (χ1v) is 13.1. The third kappa shape index (κ3) is 7.06. The lowest BCUT2D eigenvalue weighted by Crippen LogP contribution is -2.27. The van der Waals surface area contributed by atoms with Crippen LogP contribution in [0.25, 0.3) is 11.1 Å². The van der Waals surface area contributed by atoms with E-state index in [-0.39, 0.29) is 12.4 Å². The van der Waals surface area contributed by atoms with E-state index in [0.717, 1.165) is 27.6 Å². The molecule has 0 radical (unpaired) electrons. The summed E-state index contributed by atoms with van der Waals surface area (Å²) in [6.07, 6.45) is 4.62. The molecule has 0 spiro atoms.